The Hall–Kier alpha value is -4.52. The van der Waals surface area contributed by atoms with Crippen LogP contribution in [0.5, 0.6) is 0 Å². The maximum Gasteiger partial charge on any atom is 0.408 e. The molecule has 0 fully saturated rings. The Balaban J connectivity index is 2.00. The van der Waals surface area contributed by atoms with E-state index in [1.807, 2.05) is 0 Å². The van der Waals surface area contributed by atoms with E-state index in [1.54, 1.807) is 20.8 Å². The zero-order valence-corrected chi connectivity index (χ0v) is 36.8. The third kappa shape index (κ3) is 10.3. The van der Waals surface area contributed by atoms with Crippen molar-refractivity contribution in [2.24, 2.45) is 0 Å². The number of hydrogen-bond donors (Lipinski definition) is 1. The van der Waals surface area contributed by atoms with Crippen LogP contribution in [0.3, 0.4) is 0 Å². The number of carbonyl (C=O) groups is 1. The first kappa shape index (κ1) is 46.5. The summed E-state index contributed by atoms with van der Waals surface area (Å²) in [6.45, 7) is 5.59. The van der Waals surface area contributed by atoms with Gasteiger partial charge in [0.15, 0.2) is 15.7 Å². The number of ether oxygens (including phenoxy) is 1. The van der Waals surface area contributed by atoms with Gasteiger partial charge in [-0.3, -0.25) is 4.68 Å². The third-order valence-corrected chi connectivity index (χ3v) is 14.7. The van der Waals surface area contributed by atoms with E-state index in [4.69, 9.17) is 21.3 Å². The third-order valence-electron chi connectivity index (χ3n) is 9.28. The van der Waals surface area contributed by atoms with Crippen LogP contribution in [-0.2, 0) is 60.4 Å². The quantitative estimate of drug-likeness (QED) is 0.132. The van der Waals surface area contributed by atoms with Gasteiger partial charge in [-0.25, -0.2) is 43.8 Å². The average Bonchev–Trinajstić information content (AvgIpc) is 3.66. The predicted molar refractivity (Wildman–Crippen MR) is 216 cm³/mol. The number of pyridine rings is 1. The molecule has 60 heavy (non-hydrogen) atoms. The van der Waals surface area contributed by atoms with Gasteiger partial charge < -0.3 is 10.1 Å². The smallest absolute Gasteiger partial charge is 0.408 e. The number of sulfonamides is 2. The largest absolute Gasteiger partial charge is 0.444 e. The summed E-state index contributed by atoms with van der Waals surface area (Å²) in [5.41, 5.74) is -0.865. The molecule has 1 amide bonds. The number of nitrogens with one attached hydrogen (secondary N) is 1. The summed E-state index contributed by atoms with van der Waals surface area (Å²) < 4.78 is 154. The highest BCUT2D eigenvalue weighted by Crippen LogP contribution is 2.46. The summed E-state index contributed by atoms with van der Waals surface area (Å²) >= 11 is 6.60. The Kier molecular flexibility index (Phi) is 12.5. The van der Waals surface area contributed by atoms with E-state index < -0.39 is 99.9 Å². The number of sulfone groups is 1. The van der Waals surface area contributed by atoms with Crippen LogP contribution in [0.4, 0.5) is 32.6 Å². The molecule has 0 bridgehead atoms. The number of alkyl carbamates (subject to hydrolysis) is 1. The number of benzene rings is 2. The number of aromatic nitrogens is 3. The Morgan fingerprint density at radius 2 is 1.53 bits per heavy atom. The standard InChI is InChI=1S/C38H41ClF5N5O8S3/c1-36(2,3)57-35(50)46-29(18-21-16-22(40)19-23(41)17-21)32-30(25-11-9-10-24(25)28(45-32)14-15-37(4,5)58(6,51)52)26-12-13-27(39)31-33(26)48(20-38(42,43)44)47-34(31)49(59(7,53)54)60(8,55)56/h12-13,16-17,19,29H,9-11,18,20H2,1-8H3,(H,46,50)/t29-/m0/s1. The molecule has 1 N–H and O–H groups in total. The van der Waals surface area contributed by atoms with Crippen molar-refractivity contribution in [2.75, 3.05) is 22.5 Å². The second-order valence-corrected chi connectivity index (χ2v) is 22.7. The van der Waals surface area contributed by atoms with Crippen LogP contribution >= 0.6 is 11.6 Å². The van der Waals surface area contributed by atoms with Crippen LogP contribution in [0, 0.1) is 23.5 Å². The predicted octanol–water partition coefficient (Wildman–Crippen LogP) is 6.79. The molecule has 2 heterocycles. The van der Waals surface area contributed by atoms with Gasteiger partial charge in [0, 0.05) is 23.4 Å². The molecular formula is C38H41ClF5N5O8S3. The lowest BCUT2D eigenvalue weighted by Crippen LogP contribution is -2.36. The van der Waals surface area contributed by atoms with Gasteiger partial charge in [-0.2, -0.15) is 18.3 Å². The van der Waals surface area contributed by atoms with Crippen LogP contribution in [0.1, 0.15) is 75.2 Å². The number of amides is 1. The Bertz CT molecular complexity index is 2760. The van der Waals surface area contributed by atoms with Gasteiger partial charge in [0.25, 0.3) is 0 Å². The molecule has 0 saturated heterocycles. The number of anilines is 1. The highest BCUT2D eigenvalue weighted by molar-refractivity contribution is 8.09. The zero-order valence-electron chi connectivity index (χ0n) is 33.5. The molecule has 4 aromatic rings. The van der Waals surface area contributed by atoms with Crippen molar-refractivity contribution in [3.05, 3.63) is 75.1 Å². The zero-order chi connectivity index (χ0) is 45.1. The minimum absolute atomic E-state index is 0.00440. The van der Waals surface area contributed by atoms with Crippen LogP contribution in [0.2, 0.25) is 5.02 Å². The number of alkyl halides is 3. The fourth-order valence-corrected chi connectivity index (χ4v) is 10.0. The molecule has 0 spiro atoms. The van der Waals surface area contributed by atoms with E-state index in [1.165, 1.54) is 26.0 Å². The molecule has 0 radical (unpaired) electrons. The van der Waals surface area contributed by atoms with E-state index in [-0.39, 0.29) is 49.7 Å². The number of hydrogen-bond acceptors (Lipinski definition) is 10. The molecule has 326 valence electrons. The topological polar surface area (TPSA) is 175 Å². The van der Waals surface area contributed by atoms with E-state index in [0.29, 0.717) is 40.8 Å². The molecule has 1 aliphatic rings. The first-order chi connectivity index (χ1) is 27.3. The molecule has 0 aliphatic heterocycles. The summed E-state index contributed by atoms with van der Waals surface area (Å²) in [5, 5.41) is 5.68. The lowest BCUT2D eigenvalue weighted by atomic mass is 9.88. The van der Waals surface area contributed by atoms with Crippen molar-refractivity contribution in [1.82, 2.24) is 20.1 Å². The summed E-state index contributed by atoms with van der Waals surface area (Å²) in [6, 6.07) is 3.67. The Labute approximate surface area is 349 Å². The van der Waals surface area contributed by atoms with Crippen molar-refractivity contribution >= 4 is 64.3 Å². The van der Waals surface area contributed by atoms with Gasteiger partial charge in [0.1, 0.15) is 34.2 Å². The van der Waals surface area contributed by atoms with E-state index in [2.05, 4.69) is 22.3 Å². The SMILES string of the molecule is CC(C)(C)OC(=O)N[C@@H](Cc1cc(F)cc(F)c1)c1nc(C#CC(C)(C)S(C)(=O)=O)c2c(c1-c1ccc(Cl)c3c(N(S(C)(=O)=O)S(C)(=O)=O)nn(CC(F)(F)F)c13)CCC2. The molecular weight excluding hydrogens is 881 g/mol. The number of rotatable bonds is 10. The van der Waals surface area contributed by atoms with Crippen molar-refractivity contribution in [2.45, 2.75) is 89.4 Å². The lowest BCUT2D eigenvalue weighted by molar-refractivity contribution is -0.141. The maximum atomic E-state index is 14.7. The molecule has 13 nitrogen and oxygen atoms in total. The first-order valence-electron chi connectivity index (χ1n) is 18.0. The number of fused-ring (bicyclic) bond motifs is 2. The van der Waals surface area contributed by atoms with E-state index in [0.717, 1.165) is 18.4 Å². The highest BCUT2D eigenvalue weighted by Gasteiger charge is 2.39. The van der Waals surface area contributed by atoms with Gasteiger partial charge in [0.05, 0.1) is 40.2 Å². The molecule has 5 rings (SSSR count). The van der Waals surface area contributed by atoms with Crippen molar-refractivity contribution in [3.63, 3.8) is 0 Å². The molecule has 1 atom stereocenters. The van der Waals surface area contributed by atoms with Gasteiger partial charge >= 0.3 is 12.3 Å². The fraction of sp³-hybridized carbons (Fsp3) is 0.447. The second-order valence-electron chi connectivity index (χ2n) is 15.9. The summed E-state index contributed by atoms with van der Waals surface area (Å²) in [4.78, 5) is 18.4. The van der Waals surface area contributed by atoms with E-state index >= 15 is 0 Å². The van der Waals surface area contributed by atoms with Crippen LogP contribution in [0.15, 0.2) is 30.3 Å². The molecule has 0 saturated carbocycles. The second kappa shape index (κ2) is 16.1. The van der Waals surface area contributed by atoms with Crippen LogP contribution in [-0.4, -0.2) is 81.4 Å². The monoisotopic (exact) mass is 921 g/mol. The van der Waals surface area contributed by atoms with Gasteiger partial charge in [0.2, 0.25) is 20.0 Å². The van der Waals surface area contributed by atoms with Gasteiger partial charge in [-0.05, 0) is 101 Å². The number of carbonyl (C=O) groups excluding carboxylic acids is 1. The molecule has 0 unspecified atom stereocenters. The maximum absolute atomic E-state index is 14.7. The highest BCUT2D eigenvalue weighted by atomic mass is 35.5. The van der Waals surface area contributed by atoms with Crippen molar-refractivity contribution in [1.29, 1.82) is 0 Å². The fourth-order valence-electron chi connectivity index (χ4n) is 6.70. The van der Waals surface area contributed by atoms with Gasteiger partial charge in [-0.15, -0.1) is 3.71 Å². The molecule has 2 aromatic carbocycles. The van der Waals surface area contributed by atoms with E-state index in [9.17, 15) is 52.0 Å². The number of nitrogens with zero attached hydrogens (tertiary/aromatic N) is 4. The summed E-state index contributed by atoms with van der Waals surface area (Å²) in [6.07, 6.45) is -3.51. The molecule has 2 aromatic heterocycles. The summed E-state index contributed by atoms with van der Waals surface area (Å²) in [7, 11) is -13.4. The first-order valence-corrected chi connectivity index (χ1v) is 23.9. The minimum Gasteiger partial charge on any atom is -0.444 e. The Morgan fingerprint density at radius 3 is 2.07 bits per heavy atom. The van der Waals surface area contributed by atoms with Gasteiger partial charge in [-0.1, -0.05) is 23.6 Å². The van der Waals surface area contributed by atoms with Crippen LogP contribution in [0.25, 0.3) is 22.0 Å². The number of halogens is 6. The molecule has 22 heteroatoms. The average molecular weight is 922 g/mol. The lowest BCUT2D eigenvalue weighted by Gasteiger charge is -2.27. The van der Waals surface area contributed by atoms with Crippen molar-refractivity contribution in [3.8, 4) is 23.0 Å². The summed E-state index contributed by atoms with van der Waals surface area (Å²) in [5.74, 6) is 2.69. The molecule has 1 aliphatic carbocycles. The normalized spacial score (nSPS) is 14.4. The minimum atomic E-state index is -5.02. The van der Waals surface area contributed by atoms with Crippen LogP contribution < -0.4 is 9.03 Å². The Morgan fingerprint density at radius 1 is 0.950 bits per heavy atom. The van der Waals surface area contributed by atoms with Crippen molar-refractivity contribution < 1.29 is 56.7 Å².